The number of esters is 1. The summed E-state index contributed by atoms with van der Waals surface area (Å²) in [6, 6.07) is 13.2. The summed E-state index contributed by atoms with van der Waals surface area (Å²) in [6.07, 6.45) is -2.23. The van der Waals surface area contributed by atoms with Gasteiger partial charge in [0.2, 0.25) is 5.55 Å². The van der Waals surface area contributed by atoms with E-state index in [9.17, 15) is 22.8 Å². The lowest BCUT2D eigenvalue weighted by Gasteiger charge is -2.12. The van der Waals surface area contributed by atoms with E-state index in [0.717, 1.165) is 24.1 Å². The zero-order valence-corrected chi connectivity index (χ0v) is 20.8. The van der Waals surface area contributed by atoms with Gasteiger partial charge in [0.1, 0.15) is 12.2 Å². The van der Waals surface area contributed by atoms with Crippen LogP contribution in [0.5, 0.6) is 0 Å². The molecule has 0 aliphatic carbocycles. The Hall–Kier alpha value is -4.47. The summed E-state index contributed by atoms with van der Waals surface area (Å²) < 4.78 is 50.7. The molecule has 0 aliphatic heterocycles. The van der Waals surface area contributed by atoms with Gasteiger partial charge < -0.3 is 14.5 Å². The smallest absolute Gasteiger partial charge is 0.416 e. The van der Waals surface area contributed by atoms with Crippen molar-refractivity contribution >= 4 is 34.2 Å². The minimum Gasteiger partial charge on any atom is -0.461 e. The topological polar surface area (TPSA) is 93.8 Å². The van der Waals surface area contributed by atoms with Crippen LogP contribution < -0.4 is 10.9 Å². The molecular formula is C28H24F3N3O4. The summed E-state index contributed by atoms with van der Waals surface area (Å²) in [5, 5.41) is 2.96. The summed E-state index contributed by atoms with van der Waals surface area (Å²) >= 11 is 0. The fourth-order valence-electron chi connectivity index (χ4n) is 3.72. The lowest BCUT2D eigenvalue weighted by atomic mass is 10.1. The third kappa shape index (κ3) is 6.08. The number of carbonyl (C=O) groups excluding carboxylic acids is 2. The molecule has 7 nitrogen and oxygen atoms in total. The van der Waals surface area contributed by atoms with Crippen molar-refractivity contribution in [2.45, 2.75) is 40.0 Å². The van der Waals surface area contributed by atoms with Crippen LogP contribution in [0.3, 0.4) is 0 Å². The van der Waals surface area contributed by atoms with Gasteiger partial charge in [-0.3, -0.25) is 14.6 Å². The number of nitrogens with one attached hydrogen (secondary N) is 1. The second-order valence-electron chi connectivity index (χ2n) is 8.52. The number of carbonyl (C=O) groups is 2. The minimum absolute atomic E-state index is 0.0239. The summed E-state index contributed by atoms with van der Waals surface area (Å²) in [5.41, 5.74) is 1.90. The van der Waals surface area contributed by atoms with Crippen LogP contribution in [-0.2, 0) is 28.7 Å². The molecule has 4 aromatic rings. The zero-order chi connectivity index (χ0) is 27.4. The molecule has 196 valence electrons. The molecule has 10 heteroatoms. The maximum atomic E-state index is 13.4. The van der Waals surface area contributed by atoms with Gasteiger partial charge >= 0.3 is 12.1 Å². The molecule has 0 saturated heterocycles. The highest BCUT2D eigenvalue weighted by Gasteiger charge is 2.30. The molecule has 2 aromatic carbocycles. The average Bonchev–Trinajstić information content (AvgIpc) is 2.88. The first-order valence-electron chi connectivity index (χ1n) is 11.7. The van der Waals surface area contributed by atoms with E-state index >= 15 is 0 Å². The molecule has 0 radical (unpaired) electrons. The van der Waals surface area contributed by atoms with Gasteiger partial charge in [-0.15, -0.1) is 0 Å². The van der Waals surface area contributed by atoms with Crippen LogP contribution >= 0.6 is 0 Å². The third-order valence-corrected chi connectivity index (χ3v) is 5.75. The average molecular weight is 524 g/mol. The van der Waals surface area contributed by atoms with Gasteiger partial charge in [-0.25, -0.2) is 4.99 Å². The first-order chi connectivity index (χ1) is 18.0. The molecule has 4 rings (SSSR count). The number of amides is 1. The lowest BCUT2D eigenvalue weighted by Crippen LogP contribution is -2.22. The number of fused-ring (bicyclic) bond motifs is 1. The Kier molecular flexibility index (Phi) is 7.61. The molecule has 0 bridgehead atoms. The number of anilines is 1. The highest BCUT2D eigenvalue weighted by atomic mass is 19.4. The van der Waals surface area contributed by atoms with Crippen molar-refractivity contribution in [2.75, 3.05) is 5.32 Å². The Bertz CT molecular complexity index is 1580. The fraction of sp³-hybridized carbons (Fsp3) is 0.214. The second-order valence-corrected chi connectivity index (χ2v) is 8.52. The van der Waals surface area contributed by atoms with E-state index < -0.39 is 23.6 Å². The number of alkyl halides is 3. The van der Waals surface area contributed by atoms with Gasteiger partial charge in [0.15, 0.2) is 5.58 Å². The van der Waals surface area contributed by atoms with Crippen LogP contribution in [0.2, 0.25) is 0 Å². The first kappa shape index (κ1) is 26.6. The summed E-state index contributed by atoms with van der Waals surface area (Å²) in [4.78, 5) is 33.6. The number of rotatable bonds is 6. The quantitative estimate of drug-likeness (QED) is 0.301. The molecule has 1 N–H and O–H groups in total. The van der Waals surface area contributed by atoms with E-state index in [1.165, 1.54) is 31.3 Å². The van der Waals surface area contributed by atoms with Crippen molar-refractivity contribution in [3.63, 3.8) is 0 Å². The van der Waals surface area contributed by atoms with Crippen molar-refractivity contribution < 1.29 is 31.9 Å². The molecule has 0 unspecified atom stereocenters. The number of hydrogen-bond donors (Lipinski definition) is 1. The first-order valence-corrected chi connectivity index (χ1v) is 11.7. The molecular weight excluding hydrogens is 499 g/mol. The molecule has 0 atom stereocenters. The van der Waals surface area contributed by atoms with Crippen LogP contribution in [0, 0.1) is 6.92 Å². The van der Waals surface area contributed by atoms with Gasteiger partial charge in [0, 0.05) is 29.8 Å². The monoisotopic (exact) mass is 523 g/mol. The van der Waals surface area contributed by atoms with Crippen molar-refractivity contribution in [1.29, 1.82) is 0 Å². The lowest BCUT2D eigenvalue weighted by molar-refractivity contribution is -0.142. The van der Waals surface area contributed by atoms with Crippen LogP contribution in [0.25, 0.3) is 11.0 Å². The zero-order valence-electron chi connectivity index (χ0n) is 20.8. The molecule has 1 amide bonds. The highest BCUT2D eigenvalue weighted by Crippen LogP contribution is 2.31. The number of pyridine rings is 1. The molecule has 2 aromatic heterocycles. The van der Waals surface area contributed by atoms with E-state index in [1.807, 2.05) is 19.1 Å². The second kappa shape index (κ2) is 10.9. The number of aryl methyl sites for hydroxylation is 2. The molecule has 0 fully saturated rings. The van der Waals surface area contributed by atoms with E-state index in [4.69, 9.17) is 9.15 Å². The van der Waals surface area contributed by atoms with Crippen LogP contribution in [0.4, 0.5) is 24.5 Å². The fourth-order valence-corrected chi connectivity index (χ4v) is 3.72. The highest BCUT2D eigenvalue weighted by molar-refractivity contribution is 6.05. The van der Waals surface area contributed by atoms with E-state index in [1.54, 1.807) is 19.1 Å². The Balaban J connectivity index is 1.87. The SMILES string of the molecule is CCc1ccc(N=c2oc3c(C)ncc(COC(C)=O)c3cc2C(=O)Nc2cccc(C(F)(F)F)c2)cc1. The van der Waals surface area contributed by atoms with Gasteiger partial charge in [0.05, 0.1) is 16.9 Å². The summed E-state index contributed by atoms with van der Waals surface area (Å²) in [7, 11) is 0. The van der Waals surface area contributed by atoms with Crippen molar-refractivity contribution in [2.24, 2.45) is 4.99 Å². The molecule has 0 aliphatic rings. The van der Waals surface area contributed by atoms with Gasteiger partial charge in [0.25, 0.3) is 5.91 Å². The Morgan fingerprint density at radius 2 is 1.84 bits per heavy atom. The van der Waals surface area contributed by atoms with Crippen molar-refractivity contribution in [1.82, 2.24) is 4.98 Å². The van der Waals surface area contributed by atoms with Crippen LogP contribution in [0.15, 0.2) is 70.2 Å². The van der Waals surface area contributed by atoms with E-state index in [2.05, 4.69) is 15.3 Å². The number of ether oxygens (including phenoxy) is 1. The predicted molar refractivity (Wildman–Crippen MR) is 135 cm³/mol. The van der Waals surface area contributed by atoms with Crippen molar-refractivity contribution in [3.05, 3.63) is 94.3 Å². The molecule has 0 saturated carbocycles. The third-order valence-electron chi connectivity index (χ3n) is 5.75. The van der Waals surface area contributed by atoms with Crippen LogP contribution in [0.1, 0.15) is 46.6 Å². The van der Waals surface area contributed by atoms with Gasteiger partial charge in [-0.1, -0.05) is 25.1 Å². The number of halogens is 3. The van der Waals surface area contributed by atoms with Gasteiger partial charge in [-0.2, -0.15) is 13.2 Å². The normalized spacial score (nSPS) is 12.0. The molecule has 0 spiro atoms. The largest absolute Gasteiger partial charge is 0.461 e. The maximum Gasteiger partial charge on any atom is 0.416 e. The number of benzene rings is 2. The Labute approximate surface area is 216 Å². The minimum atomic E-state index is -4.57. The summed E-state index contributed by atoms with van der Waals surface area (Å²) in [6.45, 7) is 4.88. The summed E-state index contributed by atoms with van der Waals surface area (Å²) in [5.74, 6) is -1.23. The predicted octanol–water partition coefficient (Wildman–Crippen LogP) is 6.27. The van der Waals surface area contributed by atoms with Gasteiger partial charge in [-0.05, 0) is 55.3 Å². The maximum absolute atomic E-state index is 13.4. The van der Waals surface area contributed by atoms with E-state index in [0.29, 0.717) is 27.9 Å². The van der Waals surface area contributed by atoms with Crippen LogP contribution in [-0.4, -0.2) is 16.9 Å². The number of aromatic nitrogens is 1. The Morgan fingerprint density at radius 1 is 1.11 bits per heavy atom. The molecule has 38 heavy (non-hydrogen) atoms. The number of hydrogen-bond acceptors (Lipinski definition) is 6. The standard InChI is InChI=1S/C28H24F3N3O4/c1-4-18-8-10-21(11-9-18)34-27-24(26(36)33-22-7-5-6-20(12-22)28(29,30)31)13-23-19(15-37-17(3)35)14-32-16(2)25(23)38-27/h5-14H,4,15H2,1-3H3,(H,33,36). The van der Waals surface area contributed by atoms with E-state index in [-0.39, 0.29) is 23.4 Å². The Morgan fingerprint density at radius 3 is 2.50 bits per heavy atom. The number of nitrogens with zero attached hydrogens (tertiary/aromatic N) is 2. The molecule has 2 heterocycles. The van der Waals surface area contributed by atoms with Crippen molar-refractivity contribution in [3.8, 4) is 0 Å².